The number of likely N-dealkylation sites (N-methyl/N-ethyl adjacent to an activating group) is 1. The number of likely N-dealkylation sites (tertiary alicyclic amines) is 1. The van der Waals surface area contributed by atoms with Crippen molar-refractivity contribution in [2.24, 2.45) is 0 Å². The van der Waals surface area contributed by atoms with Gasteiger partial charge in [-0.15, -0.1) is 0 Å². The van der Waals surface area contributed by atoms with Crippen LogP contribution >= 0.6 is 23.2 Å². The third-order valence-corrected chi connectivity index (χ3v) is 7.34. The number of hydrogen-bond acceptors (Lipinski definition) is 3. The Balaban J connectivity index is 1.77. The number of amides is 1. The molecule has 2 atom stereocenters. The van der Waals surface area contributed by atoms with Crippen LogP contribution in [-0.4, -0.2) is 67.4 Å². The number of nitrogens with zero attached hydrogens (tertiary/aromatic N) is 3. The van der Waals surface area contributed by atoms with Crippen LogP contribution in [0.15, 0.2) is 36.4 Å². The second-order valence-corrected chi connectivity index (χ2v) is 10.4. The van der Waals surface area contributed by atoms with Gasteiger partial charge in [0.1, 0.15) is 5.82 Å². The number of carbonyl (C=O) groups excluding carboxylic acids is 1. The van der Waals surface area contributed by atoms with E-state index in [0.717, 1.165) is 37.1 Å². The van der Waals surface area contributed by atoms with Crippen LogP contribution in [0.2, 0.25) is 10.0 Å². The molecule has 0 spiro atoms. The number of hydrogen-bond donors (Lipinski definition) is 0. The number of unbranched alkanes of at least 4 members (excludes halogenated alkanes) is 1. The molecule has 36 heavy (non-hydrogen) atoms. The van der Waals surface area contributed by atoms with Gasteiger partial charge < -0.3 is 9.80 Å². The summed E-state index contributed by atoms with van der Waals surface area (Å²) in [5, 5.41) is 0.839. The highest BCUT2D eigenvalue weighted by molar-refractivity contribution is 6.42. The molecule has 2 aromatic carbocycles. The molecule has 1 fully saturated rings. The van der Waals surface area contributed by atoms with Gasteiger partial charge in [-0.2, -0.15) is 13.2 Å². The monoisotopic (exact) mass is 547 g/mol. The third-order valence-electron chi connectivity index (χ3n) is 6.60. The van der Waals surface area contributed by atoms with Crippen LogP contribution in [0, 0.1) is 5.82 Å². The second kappa shape index (κ2) is 12.1. The molecule has 1 saturated heterocycles. The summed E-state index contributed by atoms with van der Waals surface area (Å²) in [7, 11) is 5.82. The van der Waals surface area contributed by atoms with Gasteiger partial charge in [0.2, 0.25) is 5.91 Å². The number of carbonyl (C=O) groups is 1. The van der Waals surface area contributed by atoms with Crippen molar-refractivity contribution in [1.82, 2.24) is 14.7 Å². The van der Waals surface area contributed by atoms with Crippen molar-refractivity contribution < 1.29 is 22.4 Å². The number of benzene rings is 2. The van der Waals surface area contributed by atoms with Crippen molar-refractivity contribution in [3.05, 3.63) is 69.0 Å². The van der Waals surface area contributed by atoms with E-state index in [1.165, 1.54) is 6.07 Å². The molecule has 0 saturated carbocycles. The zero-order valence-corrected chi connectivity index (χ0v) is 22.1. The van der Waals surface area contributed by atoms with Crippen molar-refractivity contribution in [2.45, 2.75) is 43.9 Å². The lowest BCUT2D eigenvalue weighted by Gasteiger charge is -2.29. The second-order valence-electron chi connectivity index (χ2n) is 9.63. The molecule has 1 unspecified atom stereocenters. The minimum absolute atomic E-state index is 0.0651. The Kier molecular flexibility index (Phi) is 9.66. The first-order valence-corrected chi connectivity index (χ1v) is 12.6. The number of halogens is 6. The molecule has 3 rings (SSSR count). The van der Waals surface area contributed by atoms with Gasteiger partial charge in [-0.1, -0.05) is 35.3 Å². The molecule has 1 amide bonds. The fraction of sp³-hybridized carbons (Fsp3) is 0.500. The zero-order valence-electron chi connectivity index (χ0n) is 20.6. The van der Waals surface area contributed by atoms with Gasteiger partial charge >= 0.3 is 6.18 Å². The predicted molar refractivity (Wildman–Crippen MR) is 135 cm³/mol. The molecule has 1 aliphatic heterocycles. The van der Waals surface area contributed by atoms with Crippen molar-refractivity contribution in [3.8, 4) is 0 Å². The van der Waals surface area contributed by atoms with E-state index in [1.807, 2.05) is 37.0 Å². The first kappa shape index (κ1) is 28.7. The average molecular weight is 548 g/mol. The van der Waals surface area contributed by atoms with Crippen LogP contribution < -0.4 is 0 Å². The quantitative estimate of drug-likeness (QED) is 0.272. The summed E-state index contributed by atoms with van der Waals surface area (Å²) in [5.41, 5.74) is 0.0570. The summed E-state index contributed by atoms with van der Waals surface area (Å²) >= 11 is 12.4. The molecule has 0 aliphatic carbocycles. The van der Waals surface area contributed by atoms with Crippen molar-refractivity contribution in [1.29, 1.82) is 0 Å². The summed E-state index contributed by atoms with van der Waals surface area (Å²) in [5.74, 6) is -1.32. The van der Waals surface area contributed by atoms with Gasteiger partial charge in [0.15, 0.2) is 0 Å². The van der Waals surface area contributed by atoms with E-state index in [4.69, 9.17) is 23.2 Å². The standard InChI is InChI=1S/C26H31Cl2F4N3O/c1-33(2)11-5-4-6-25(36)35-15-19(18-8-10-21(27)22(28)13-18)24(16-35)34(3)14-17-7-9-20(23(29)12-17)26(30,31)32/h7-10,12-13,19,24H,4-6,11,14-16H2,1-3H3/t19-,24?/m1/s1. The maximum Gasteiger partial charge on any atom is 0.419 e. The van der Waals surface area contributed by atoms with Crippen molar-refractivity contribution in [2.75, 3.05) is 40.8 Å². The lowest BCUT2D eigenvalue weighted by atomic mass is 9.93. The van der Waals surface area contributed by atoms with Gasteiger partial charge in [-0.3, -0.25) is 9.69 Å². The lowest BCUT2D eigenvalue weighted by Crippen LogP contribution is -2.38. The molecule has 198 valence electrons. The highest BCUT2D eigenvalue weighted by Gasteiger charge is 2.39. The Morgan fingerprint density at radius 3 is 2.36 bits per heavy atom. The Bertz CT molecular complexity index is 1060. The Hall–Kier alpha value is -1.87. The minimum atomic E-state index is -4.74. The summed E-state index contributed by atoms with van der Waals surface area (Å²) < 4.78 is 53.0. The molecule has 0 radical (unpaired) electrons. The van der Waals surface area contributed by atoms with Crippen LogP contribution in [0.25, 0.3) is 0 Å². The highest BCUT2D eigenvalue weighted by Crippen LogP contribution is 2.36. The van der Waals surface area contributed by atoms with E-state index < -0.39 is 17.6 Å². The van der Waals surface area contributed by atoms with Crippen LogP contribution in [-0.2, 0) is 17.5 Å². The summed E-state index contributed by atoms with van der Waals surface area (Å²) in [6.07, 6.45) is -2.59. The molecule has 0 N–H and O–H groups in total. The molecule has 10 heteroatoms. The molecule has 0 bridgehead atoms. The van der Waals surface area contributed by atoms with Crippen LogP contribution in [0.4, 0.5) is 17.6 Å². The third kappa shape index (κ3) is 7.34. The van der Waals surface area contributed by atoms with Crippen LogP contribution in [0.3, 0.4) is 0 Å². The van der Waals surface area contributed by atoms with Crippen LogP contribution in [0.5, 0.6) is 0 Å². The van der Waals surface area contributed by atoms with E-state index in [2.05, 4.69) is 4.90 Å². The summed E-state index contributed by atoms with van der Waals surface area (Å²) in [4.78, 5) is 18.8. The van der Waals surface area contributed by atoms with E-state index in [9.17, 15) is 22.4 Å². The Labute approximate surface area is 219 Å². The van der Waals surface area contributed by atoms with E-state index >= 15 is 0 Å². The smallest absolute Gasteiger partial charge is 0.340 e. The zero-order chi connectivity index (χ0) is 26.6. The fourth-order valence-corrected chi connectivity index (χ4v) is 4.97. The van der Waals surface area contributed by atoms with Gasteiger partial charge in [0, 0.05) is 38.0 Å². The fourth-order valence-electron chi connectivity index (χ4n) is 4.66. The van der Waals surface area contributed by atoms with E-state index in [0.29, 0.717) is 35.1 Å². The predicted octanol–water partition coefficient (Wildman–Crippen LogP) is 6.31. The minimum Gasteiger partial charge on any atom is -0.340 e. The molecule has 2 aromatic rings. The summed E-state index contributed by atoms with van der Waals surface area (Å²) in [6.45, 7) is 2.08. The maximum absolute atomic E-state index is 14.1. The first-order valence-electron chi connectivity index (χ1n) is 11.8. The topological polar surface area (TPSA) is 26.8 Å². The molecule has 1 aliphatic rings. The van der Waals surface area contributed by atoms with Crippen LogP contribution in [0.1, 0.15) is 41.9 Å². The lowest BCUT2D eigenvalue weighted by molar-refractivity contribution is -0.140. The molecule has 1 heterocycles. The Morgan fingerprint density at radius 2 is 1.75 bits per heavy atom. The molecule has 4 nitrogen and oxygen atoms in total. The number of alkyl halides is 3. The highest BCUT2D eigenvalue weighted by atomic mass is 35.5. The number of rotatable bonds is 9. The first-order chi connectivity index (χ1) is 16.9. The molecular formula is C26H31Cl2F4N3O. The van der Waals surface area contributed by atoms with Crippen molar-refractivity contribution >= 4 is 29.1 Å². The van der Waals surface area contributed by atoms with Gasteiger partial charge in [-0.25, -0.2) is 4.39 Å². The largest absolute Gasteiger partial charge is 0.419 e. The molecule has 0 aromatic heterocycles. The maximum atomic E-state index is 14.1. The van der Waals surface area contributed by atoms with E-state index in [1.54, 1.807) is 12.1 Å². The Morgan fingerprint density at radius 1 is 1.03 bits per heavy atom. The van der Waals surface area contributed by atoms with Gasteiger partial charge in [0.05, 0.1) is 15.6 Å². The van der Waals surface area contributed by atoms with Gasteiger partial charge in [0.25, 0.3) is 0 Å². The SMILES string of the molecule is CN(C)CCCCC(=O)N1CC(N(C)Cc2ccc(C(F)(F)F)c(F)c2)[C@@H](c2ccc(Cl)c(Cl)c2)C1. The normalized spacial score (nSPS) is 18.5. The molecular weight excluding hydrogens is 517 g/mol. The van der Waals surface area contributed by atoms with Gasteiger partial charge in [-0.05, 0) is 75.9 Å². The van der Waals surface area contributed by atoms with Crippen molar-refractivity contribution in [3.63, 3.8) is 0 Å². The average Bonchev–Trinajstić information content (AvgIpc) is 3.23. The van der Waals surface area contributed by atoms with E-state index in [-0.39, 0.29) is 24.4 Å². The summed E-state index contributed by atoms with van der Waals surface area (Å²) in [6, 6.07) is 8.23.